The topological polar surface area (TPSA) is 123 Å². The first-order valence-corrected chi connectivity index (χ1v) is 18.6. The third kappa shape index (κ3) is 5.67. The van der Waals surface area contributed by atoms with Crippen LogP contribution in [0.25, 0.3) is 12.2 Å². The van der Waals surface area contributed by atoms with Gasteiger partial charge in [-0.15, -0.1) is 0 Å². The Morgan fingerprint density at radius 2 is 1.52 bits per heavy atom. The van der Waals surface area contributed by atoms with E-state index in [2.05, 4.69) is 0 Å². The van der Waals surface area contributed by atoms with Crippen LogP contribution in [0.1, 0.15) is 42.4 Å². The van der Waals surface area contributed by atoms with Gasteiger partial charge in [0.25, 0.3) is 0 Å². The summed E-state index contributed by atoms with van der Waals surface area (Å²) in [7, 11) is 4.63. The van der Waals surface area contributed by atoms with Crippen LogP contribution in [0, 0.1) is 34.9 Å². The van der Waals surface area contributed by atoms with E-state index < -0.39 is 52.6 Å². The molecule has 2 aliphatic carbocycles. The van der Waals surface area contributed by atoms with Crippen molar-refractivity contribution in [3.8, 4) is 23.0 Å². The maximum atomic E-state index is 14.7. The number of phenolic OH excluding ortho intramolecular Hbond substituents is 1. The van der Waals surface area contributed by atoms with Crippen LogP contribution in [0.2, 0.25) is 5.02 Å². The quantitative estimate of drug-likeness (QED) is 0.109. The number of methoxy groups -OCH3 is 3. The predicted octanol–water partition coefficient (Wildman–Crippen LogP) is 7.82. The van der Waals surface area contributed by atoms with Crippen LogP contribution in [0.4, 0.5) is 15.8 Å². The molecule has 286 valence electrons. The van der Waals surface area contributed by atoms with Gasteiger partial charge in [0.2, 0.25) is 23.6 Å². The van der Waals surface area contributed by atoms with E-state index in [4.69, 9.17) is 25.8 Å². The van der Waals surface area contributed by atoms with E-state index >= 15 is 0 Å². The number of benzene rings is 4. The number of imide groups is 2. The lowest BCUT2D eigenvalue weighted by molar-refractivity contribution is -0.131. The minimum atomic E-state index is -1.37. The number of hydrogen-bond acceptors (Lipinski definition) is 8. The summed E-state index contributed by atoms with van der Waals surface area (Å²) >= 11 is 6.12. The van der Waals surface area contributed by atoms with Crippen molar-refractivity contribution in [2.45, 2.75) is 25.7 Å². The van der Waals surface area contributed by atoms with Crippen molar-refractivity contribution in [2.24, 2.45) is 29.1 Å². The van der Waals surface area contributed by atoms with Crippen molar-refractivity contribution in [3.05, 3.63) is 118 Å². The van der Waals surface area contributed by atoms with Crippen LogP contribution in [-0.4, -0.2) is 50.1 Å². The molecule has 2 saturated heterocycles. The molecular weight excluding hydrogens is 739 g/mol. The second-order valence-corrected chi connectivity index (χ2v) is 15.1. The minimum Gasteiger partial charge on any atom is -0.508 e. The number of carbonyl (C=O) groups is 4. The van der Waals surface area contributed by atoms with Gasteiger partial charge in [-0.3, -0.25) is 24.1 Å². The molecule has 4 aliphatic rings. The van der Waals surface area contributed by atoms with E-state index in [1.54, 1.807) is 39.3 Å². The second kappa shape index (κ2) is 14.0. The minimum absolute atomic E-state index is 0.0532. The molecule has 0 bridgehead atoms. The number of allylic oxidation sites excluding steroid dienone is 2. The van der Waals surface area contributed by atoms with Gasteiger partial charge < -0.3 is 19.3 Å². The number of halogens is 2. The predicted molar refractivity (Wildman–Crippen MR) is 208 cm³/mol. The Balaban J connectivity index is 1.15. The first-order chi connectivity index (χ1) is 26.9. The summed E-state index contributed by atoms with van der Waals surface area (Å²) in [5.74, 6) is -4.56. The zero-order valence-electron chi connectivity index (χ0n) is 31.0. The van der Waals surface area contributed by atoms with Gasteiger partial charge in [0, 0.05) is 23.1 Å². The molecule has 1 N–H and O–H groups in total. The molecule has 10 nitrogen and oxygen atoms in total. The average molecular weight is 777 g/mol. The van der Waals surface area contributed by atoms with Crippen molar-refractivity contribution in [1.29, 1.82) is 0 Å². The lowest BCUT2D eigenvalue weighted by Crippen LogP contribution is -2.49. The molecular formula is C44H38ClFN2O8. The summed E-state index contributed by atoms with van der Waals surface area (Å²) in [4.78, 5) is 60.2. The Bertz CT molecular complexity index is 2380. The molecule has 2 aliphatic heterocycles. The number of anilines is 2. The molecule has 3 fully saturated rings. The molecule has 1 saturated carbocycles. The SMILES string of the molecule is COc1ccc(OC)c(C=Cc2ccc(N3C(=O)[C@H]4[C@H](CC=C5[C@H]4C[C@H]4C(=O)N(c6ccc(F)c(Cl)c6)C(=O)[C@@]4(C)[C@H]5c4ccc(O)cc4OC)C3=O)cc2)c1. The third-order valence-corrected chi connectivity index (χ3v) is 12.3. The fourth-order valence-corrected chi connectivity index (χ4v) is 9.49. The highest BCUT2D eigenvalue weighted by Gasteiger charge is 2.68. The molecule has 12 heteroatoms. The Morgan fingerprint density at radius 3 is 2.21 bits per heavy atom. The highest BCUT2D eigenvalue weighted by molar-refractivity contribution is 6.32. The van der Waals surface area contributed by atoms with Crippen LogP contribution in [0.3, 0.4) is 0 Å². The Labute approximate surface area is 327 Å². The number of rotatable bonds is 8. The zero-order valence-corrected chi connectivity index (χ0v) is 31.7. The van der Waals surface area contributed by atoms with Crippen molar-refractivity contribution in [1.82, 2.24) is 0 Å². The van der Waals surface area contributed by atoms with E-state index in [9.17, 15) is 28.7 Å². The summed E-state index contributed by atoms with van der Waals surface area (Å²) < 4.78 is 30.8. The maximum absolute atomic E-state index is 14.7. The molecule has 4 aromatic rings. The largest absolute Gasteiger partial charge is 0.508 e. The highest BCUT2D eigenvalue weighted by atomic mass is 35.5. The van der Waals surface area contributed by atoms with Gasteiger partial charge in [-0.25, -0.2) is 9.29 Å². The number of amides is 4. The number of phenols is 1. The summed E-state index contributed by atoms with van der Waals surface area (Å²) in [6, 6.07) is 20.9. The lowest BCUT2D eigenvalue weighted by Gasteiger charge is -2.49. The lowest BCUT2D eigenvalue weighted by atomic mass is 9.51. The van der Waals surface area contributed by atoms with Crippen molar-refractivity contribution in [3.63, 3.8) is 0 Å². The number of hydrogen-bond donors (Lipinski definition) is 1. The number of aromatic hydroxyl groups is 1. The normalized spacial score (nSPS) is 25.6. The fraction of sp³-hybridized carbons (Fsp3) is 0.273. The van der Waals surface area contributed by atoms with Crippen LogP contribution >= 0.6 is 11.6 Å². The van der Waals surface area contributed by atoms with Crippen molar-refractivity contribution in [2.75, 3.05) is 31.1 Å². The van der Waals surface area contributed by atoms with Crippen LogP contribution < -0.4 is 24.0 Å². The van der Waals surface area contributed by atoms with Crippen molar-refractivity contribution >= 4 is 58.8 Å². The van der Waals surface area contributed by atoms with Gasteiger partial charge in [0.05, 0.1) is 60.9 Å². The van der Waals surface area contributed by atoms with Crippen LogP contribution in [-0.2, 0) is 19.2 Å². The van der Waals surface area contributed by atoms with Crippen molar-refractivity contribution < 1.29 is 42.9 Å². The van der Waals surface area contributed by atoms with Crippen LogP contribution in [0.5, 0.6) is 23.0 Å². The summed E-state index contributed by atoms with van der Waals surface area (Å²) in [6.45, 7) is 1.73. The number of ether oxygens (including phenoxy) is 3. The molecule has 56 heavy (non-hydrogen) atoms. The maximum Gasteiger partial charge on any atom is 0.241 e. The van der Waals surface area contributed by atoms with Gasteiger partial charge in [0.1, 0.15) is 28.8 Å². The van der Waals surface area contributed by atoms with Gasteiger partial charge in [-0.05, 0) is 85.8 Å². The summed E-state index contributed by atoms with van der Waals surface area (Å²) in [5.41, 5.74) is 2.13. The number of carbonyl (C=O) groups excluding carboxylic acids is 4. The highest BCUT2D eigenvalue weighted by Crippen LogP contribution is 2.64. The van der Waals surface area contributed by atoms with E-state index in [-0.39, 0.29) is 41.1 Å². The molecule has 2 heterocycles. The second-order valence-electron chi connectivity index (χ2n) is 14.7. The molecule has 0 aromatic heterocycles. The molecule has 0 radical (unpaired) electrons. The average Bonchev–Trinajstić information content (AvgIpc) is 3.57. The summed E-state index contributed by atoms with van der Waals surface area (Å²) in [6.07, 6.45) is 6.10. The standard InChI is InChI=1S/C44H38ClFN2O8/c1-44-33(41(51)48(43(44)53)26-11-17-35(46)34(45)20-26)22-32-29(39(44)30-14-12-27(49)21-37(30)56-4)15-16-31-38(32)42(52)47(40(31)50)25-9-6-23(7-10-25)5-8-24-19-28(54-2)13-18-36(24)55-3/h5-15,17-21,31-33,38-39,49H,16,22H2,1-4H3/t31-,32+,33-,38-,39+,44+/m0/s1. The monoisotopic (exact) mass is 776 g/mol. The van der Waals surface area contributed by atoms with E-state index in [0.717, 1.165) is 27.7 Å². The van der Waals surface area contributed by atoms with E-state index in [1.165, 1.54) is 36.3 Å². The van der Waals surface area contributed by atoms with Gasteiger partial charge in [0.15, 0.2) is 0 Å². The third-order valence-electron chi connectivity index (χ3n) is 12.0. The van der Waals surface area contributed by atoms with E-state index in [1.807, 2.05) is 48.6 Å². The first kappa shape index (κ1) is 37.0. The molecule has 4 aromatic carbocycles. The number of fused-ring (bicyclic) bond motifs is 4. The van der Waals surface area contributed by atoms with Gasteiger partial charge in [-0.2, -0.15) is 0 Å². The molecule has 0 spiro atoms. The Kier molecular flexibility index (Phi) is 9.23. The Morgan fingerprint density at radius 1 is 0.786 bits per heavy atom. The van der Waals surface area contributed by atoms with Crippen LogP contribution in [0.15, 0.2) is 90.5 Å². The smallest absolute Gasteiger partial charge is 0.241 e. The molecule has 0 unspecified atom stereocenters. The molecule has 6 atom stereocenters. The number of nitrogens with zero attached hydrogens (tertiary/aromatic N) is 2. The molecule has 4 amide bonds. The molecule has 8 rings (SSSR count). The fourth-order valence-electron chi connectivity index (χ4n) is 9.31. The zero-order chi connectivity index (χ0) is 39.6. The first-order valence-electron chi connectivity index (χ1n) is 18.2. The van der Waals surface area contributed by atoms with Gasteiger partial charge >= 0.3 is 0 Å². The summed E-state index contributed by atoms with van der Waals surface area (Å²) in [5, 5.41) is 10.1. The Hall–Kier alpha value is -5.94. The van der Waals surface area contributed by atoms with Gasteiger partial charge in [-0.1, -0.05) is 53.6 Å². The van der Waals surface area contributed by atoms with E-state index in [0.29, 0.717) is 28.5 Å².